The van der Waals surface area contributed by atoms with Gasteiger partial charge in [-0.1, -0.05) is 28.1 Å². The van der Waals surface area contributed by atoms with E-state index < -0.39 is 10.7 Å². The first-order chi connectivity index (χ1) is 9.99. The van der Waals surface area contributed by atoms with Gasteiger partial charge in [-0.2, -0.15) is 0 Å². The Morgan fingerprint density at radius 1 is 1.33 bits per heavy atom. The molecule has 0 bridgehead atoms. The number of benzene rings is 1. The zero-order valence-corrected chi connectivity index (χ0v) is 12.4. The van der Waals surface area contributed by atoms with Crippen LogP contribution in [-0.2, 0) is 4.79 Å². The molecule has 7 heteroatoms. The highest BCUT2D eigenvalue weighted by atomic mass is 79.9. The lowest BCUT2D eigenvalue weighted by Crippen LogP contribution is -2.34. The number of hydrogen-bond donors (Lipinski definition) is 4. The fraction of sp³-hybridized carbons (Fsp3) is 0.143. The fourth-order valence-corrected chi connectivity index (χ4v) is 2.40. The average molecular weight is 353 g/mol. The molecule has 1 unspecified atom stereocenters. The topological polar surface area (TPSA) is 98.7 Å². The van der Waals surface area contributed by atoms with Crippen LogP contribution in [0.2, 0.25) is 0 Å². The predicted molar refractivity (Wildman–Crippen MR) is 79.8 cm³/mol. The Morgan fingerprint density at radius 2 is 2.05 bits per heavy atom. The first kappa shape index (κ1) is 15.1. The second-order valence-electron chi connectivity index (χ2n) is 4.40. The number of aliphatic hydroxyl groups is 1. The van der Waals surface area contributed by atoms with E-state index >= 15 is 0 Å². The maximum atomic E-state index is 11.8. The van der Waals surface area contributed by atoms with Crippen molar-refractivity contribution in [2.45, 2.75) is 11.2 Å². The molecule has 0 fully saturated rings. The van der Waals surface area contributed by atoms with Crippen molar-refractivity contribution in [2.75, 3.05) is 0 Å². The lowest BCUT2D eigenvalue weighted by atomic mass is 10.0. The van der Waals surface area contributed by atoms with Crippen molar-refractivity contribution < 1.29 is 19.8 Å². The number of amides is 1. The van der Waals surface area contributed by atoms with Gasteiger partial charge in [0.15, 0.2) is 5.76 Å². The van der Waals surface area contributed by atoms with Crippen molar-refractivity contribution in [3.8, 4) is 5.75 Å². The molecule has 0 radical (unpaired) electrons. The van der Waals surface area contributed by atoms with E-state index in [2.05, 4.69) is 26.8 Å². The summed E-state index contributed by atoms with van der Waals surface area (Å²) in [6.45, 7) is 0. The number of Topliss-reactive ketones (excluding diaryl/α,β-unsaturated/α-hetero) is 1. The molecule has 0 spiro atoms. The Hall–Kier alpha value is -2.28. The molecule has 1 aromatic carbocycles. The maximum Gasteiger partial charge on any atom is 0.273 e. The minimum Gasteiger partial charge on any atom is -0.507 e. The quantitative estimate of drug-likeness (QED) is 0.490. The second-order valence-corrected chi connectivity index (χ2v) is 5.51. The number of phenolic OH excluding ortho intramolecular Hbond substituents is 1. The monoisotopic (exact) mass is 352 g/mol. The number of carbonyl (C=O) groups excluding carboxylic acids is 2. The third kappa shape index (κ3) is 3.63. The van der Waals surface area contributed by atoms with E-state index in [0.29, 0.717) is 12.0 Å². The molecule has 4 N–H and O–H groups in total. The number of alkyl halides is 1. The zero-order valence-electron chi connectivity index (χ0n) is 10.8. The Bertz CT molecular complexity index is 640. The van der Waals surface area contributed by atoms with Gasteiger partial charge >= 0.3 is 0 Å². The Labute approximate surface area is 129 Å². The standard InChI is InChI=1S/C14H13BrN2O4/c15-10-5-8(6-12(19)13(10)20)7-16-17-14(21)9-3-1-2-4-11(9)18/h1-4,6-7,10,16,18-19H,5H2,(H,17,21). The minimum atomic E-state index is -0.500. The van der Waals surface area contributed by atoms with E-state index in [1.807, 2.05) is 0 Å². The van der Waals surface area contributed by atoms with Gasteiger partial charge in [-0.3, -0.25) is 15.0 Å². The highest BCUT2D eigenvalue weighted by molar-refractivity contribution is 9.10. The largest absolute Gasteiger partial charge is 0.507 e. The summed E-state index contributed by atoms with van der Waals surface area (Å²) in [6.07, 6.45) is 3.19. The summed E-state index contributed by atoms with van der Waals surface area (Å²) in [5.74, 6) is -1.32. The molecule has 0 saturated carbocycles. The second kappa shape index (κ2) is 6.45. The Kier molecular flexibility index (Phi) is 4.64. The Morgan fingerprint density at radius 3 is 2.71 bits per heavy atom. The molecule has 1 aliphatic rings. The molecule has 1 amide bonds. The van der Waals surface area contributed by atoms with Gasteiger partial charge in [0.1, 0.15) is 5.75 Å². The molecule has 21 heavy (non-hydrogen) atoms. The van der Waals surface area contributed by atoms with E-state index in [1.54, 1.807) is 12.1 Å². The summed E-state index contributed by atoms with van der Waals surface area (Å²) in [5, 5.41) is 19.0. The molecule has 6 nitrogen and oxygen atoms in total. The summed E-state index contributed by atoms with van der Waals surface area (Å²) in [5.41, 5.74) is 5.75. The van der Waals surface area contributed by atoms with Crippen molar-refractivity contribution >= 4 is 27.6 Å². The first-order valence-corrected chi connectivity index (χ1v) is 7.02. The fourth-order valence-electron chi connectivity index (χ4n) is 1.79. The van der Waals surface area contributed by atoms with Crippen molar-refractivity contribution in [2.24, 2.45) is 0 Å². The molecule has 0 saturated heterocycles. The average Bonchev–Trinajstić information content (AvgIpc) is 2.45. The molecule has 1 aromatic rings. The predicted octanol–water partition coefficient (Wildman–Crippen LogP) is 1.69. The van der Waals surface area contributed by atoms with Gasteiger partial charge in [0.2, 0.25) is 5.78 Å². The third-order valence-corrected chi connectivity index (χ3v) is 3.61. The van der Waals surface area contributed by atoms with E-state index in [9.17, 15) is 19.8 Å². The number of allylic oxidation sites excluding steroid dienone is 3. The Balaban J connectivity index is 1.98. The molecule has 0 aliphatic heterocycles. The number of hydrogen-bond acceptors (Lipinski definition) is 5. The molecule has 110 valence electrons. The van der Waals surface area contributed by atoms with Crippen LogP contribution in [0.3, 0.4) is 0 Å². The van der Waals surface area contributed by atoms with Crippen molar-refractivity contribution in [1.82, 2.24) is 10.9 Å². The van der Waals surface area contributed by atoms with Crippen LogP contribution in [0.5, 0.6) is 5.75 Å². The van der Waals surface area contributed by atoms with Crippen LogP contribution in [0.25, 0.3) is 0 Å². The van der Waals surface area contributed by atoms with Gasteiger partial charge in [0.05, 0.1) is 10.4 Å². The lowest BCUT2D eigenvalue weighted by Gasteiger charge is -2.15. The SMILES string of the molecule is O=C(NNC=C1C=C(O)C(=O)C(Br)C1)c1ccccc1O. The van der Waals surface area contributed by atoms with Crippen LogP contribution < -0.4 is 10.9 Å². The van der Waals surface area contributed by atoms with Crippen LogP contribution in [0.1, 0.15) is 16.8 Å². The van der Waals surface area contributed by atoms with Gasteiger partial charge < -0.3 is 15.6 Å². The smallest absolute Gasteiger partial charge is 0.273 e. The van der Waals surface area contributed by atoms with Crippen LogP contribution >= 0.6 is 15.9 Å². The number of hydrazine groups is 1. The van der Waals surface area contributed by atoms with Gasteiger partial charge in [0, 0.05) is 6.20 Å². The number of ketones is 1. The van der Waals surface area contributed by atoms with Crippen LogP contribution in [0, 0.1) is 0 Å². The summed E-state index contributed by atoms with van der Waals surface area (Å²) in [6, 6.07) is 6.15. The molecule has 1 atom stereocenters. The van der Waals surface area contributed by atoms with Crippen molar-refractivity contribution in [1.29, 1.82) is 0 Å². The highest BCUT2D eigenvalue weighted by Crippen LogP contribution is 2.23. The normalized spacial score (nSPS) is 20.0. The van der Waals surface area contributed by atoms with Gasteiger partial charge in [0.25, 0.3) is 5.91 Å². The van der Waals surface area contributed by atoms with E-state index in [-0.39, 0.29) is 22.9 Å². The molecule has 0 aromatic heterocycles. The summed E-state index contributed by atoms with van der Waals surface area (Å²) in [7, 11) is 0. The number of nitrogens with one attached hydrogen (secondary N) is 2. The molecule has 0 heterocycles. The summed E-state index contributed by atoms with van der Waals surface area (Å²) < 4.78 is 0. The first-order valence-electron chi connectivity index (χ1n) is 6.11. The third-order valence-electron chi connectivity index (χ3n) is 2.87. The van der Waals surface area contributed by atoms with Crippen molar-refractivity contribution in [3.05, 3.63) is 53.4 Å². The molecule has 2 rings (SSSR count). The van der Waals surface area contributed by atoms with Crippen LogP contribution in [0.4, 0.5) is 0 Å². The maximum absolute atomic E-state index is 11.8. The van der Waals surface area contributed by atoms with Crippen molar-refractivity contribution in [3.63, 3.8) is 0 Å². The number of carbonyl (C=O) groups is 2. The lowest BCUT2D eigenvalue weighted by molar-refractivity contribution is -0.117. The number of para-hydroxylation sites is 1. The van der Waals surface area contributed by atoms with E-state index in [4.69, 9.17) is 0 Å². The van der Waals surface area contributed by atoms with Gasteiger partial charge in [-0.15, -0.1) is 0 Å². The molecular formula is C14H13BrN2O4. The molecule has 1 aliphatic carbocycles. The molecular weight excluding hydrogens is 340 g/mol. The number of phenols is 1. The number of halogens is 1. The number of aliphatic hydroxyl groups excluding tert-OH is 1. The minimum absolute atomic E-state index is 0.120. The van der Waals surface area contributed by atoms with E-state index in [1.165, 1.54) is 24.4 Å². The van der Waals surface area contributed by atoms with Crippen LogP contribution in [-0.4, -0.2) is 26.7 Å². The van der Waals surface area contributed by atoms with Gasteiger partial charge in [-0.05, 0) is 30.2 Å². The highest BCUT2D eigenvalue weighted by Gasteiger charge is 2.24. The summed E-state index contributed by atoms with van der Waals surface area (Å²) in [4.78, 5) is 22.7. The van der Waals surface area contributed by atoms with Crippen LogP contribution in [0.15, 0.2) is 47.9 Å². The zero-order chi connectivity index (χ0) is 15.4. The number of rotatable bonds is 3. The van der Waals surface area contributed by atoms with E-state index in [0.717, 1.165) is 0 Å². The summed E-state index contributed by atoms with van der Waals surface area (Å²) >= 11 is 3.16. The van der Waals surface area contributed by atoms with Gasteiger partial charge in [-0.25, -0.2) is 0 Å². The number of aromatic hydroxyl groups is 1.